The predicted molar refractivity (Wildman–Crippen MR) is 78.2 cm³/mol. The highest BCUT2D eigenvalue weighted by Crippen LogP contribution is 2.10. The summed E-state index contributed by atoms with van der Waals surface area (Å²) in [6.07, 6.45) is 2.04. The Morgan fingerprint density at radius 3 is 2.84 bits per heavy atom. The first-order valence-electron chi connectivity index (χ1n) is 6.93. The standard InChI is InChI=1S/C15H24N2O2/c1-3-8-16-11-13-6-5-7-14(10-13)17-15(18)12-19-9-4-2/h5-7,10,16H,3-4,8-9,11-12H2,1-2H3,(H,17,18). The van der Waals surface area contributed by atoms with Crippen molar-refractivity contribution < 1.29 is 9.53 Å². The van der Waals surface area contributed by atoms with E-state index < -0.39 is 0 Å². The van der Waals surface area contributed by atoms with Crippen molar-refractivity contribution in [2.45, 2.75) is 33.2 Å². The Morgan fingerprint density at radius 1 is 1.26 bits per heavy atom. The lowest BCUT2D eigenvalue weighted by Gasteiger charge is -2.08. The van der Waals surface area contributed by atoms with Gasteiger partial charge in [0.25, 0.3) is 0 Å². The SMILES string of the molecule is CCCNCc1cccc(NC(=O)COCCC)c1. The van der Waals surface area contributed by atoms with Crippen molar-refractivity contribution in [1.82, 2.24) is 5.32 Å². The summed E-state index contributed by atoms with van der Waals surface area (Å²) in [5.74, 6) is -0.105. The number of amides is 1. The Morgan fingerprint density at radius 2 is 2.11 bits per heavy atom. The third-order valence-electron chi connectivity index (χ3n) is 2.55. The van der Waals surface area contributed by atoms with Gasteiger partial charge in [-0.2, -0.15) is 0 Å². The first kappa shape index (κ1) is 15.7. The van der Waals surface area contributed by atoms with Crippen molar-refractivity contribution in [1.29, 1.82) is 0 Å². The van der Waals surface area contributed by atoms with E-state index in [2.05, 4.69) is 17.6 Å². The zero-order valence-corrected chi connectivity index (χ0v) is 11.9. The summed E-state index contributed by atoms with van der Waals surface area (Å²) in [4.78, 5) is 11.6. The summed E-state index contributed by atoms with van der Waals surface area (Å²) in [7, 11) is 0. The van der Waals surface area contributed by atoms with Gasteiger partial charge in [0.1, 0.15) is 6.61 Å². The Kier molecular flexibility index (Phi) is 7.86. The van der Waals surface area contributed by atoms with Crippen LogP contribution in [0.1, 0.15) is 32.3 Å². The molecule has 0 bridgehead atoms. The quantitative estimate of drug-likeness (QED) is 0.674. The fraction of sp³-hybridized carbons (Fsp3) is 0.533. The lowest BCUT2D eigenvalue weighted by Crippen LogP contribution is -2.19. The van der Waals surface area contributed by atoms with Crippen LogP contribution < -0.4 is 10.6 Å². The number of hydrogen-bond acceptors (Lipinski definition) is 3. The minimum Gasteiger partial charge on any atom is -0.372 e. The minimum atomic E-state index is -0.105. The van der Waals surface area contributed by atoms with Crippen LogP contribution in [-0.4, -0.2) is 25.7 Å². The fourth-order valence-electron chi connectivity index (χ4n) is 1.67. The maximum atomic E-state index is 11.6. The summed E-state index contributed by atoms with van der Waals surface area (Å²) in [6.45, 7) is 6.72. The summed E-state index contributed by atoms with van der Waals surface area (Å²) in [5.41, 5.74) is 1.99. The zero-order chi connectivity index (χ0) is 13.9. The molecule has 1 rings (SSSR count). The molecule has 4 heteroatoms. The Labute approximate surface area is 115 Å². The molecular formula is C15H24N2O2. The number of carbonyl (C=O) groups is 1. The average molecular weight is 264 g/mol. The topological polar surface area (TPSA) is 50.4 Å². The van der Waals surface area contributed by atoms with E-state index in [9.17, 15) is 4.79 Å². The van der Waals surface area contributed by atoms with Crippen LogP contribution in [0.25, 0.3) is 0 Å². The van der Waals surface area contributed by atoms with Gasteiger partial charge in [0.2, 0.25) is 5.91 Å². The predicted octanol–water partition coefficient (Wildman–Crippen LogP) is 2.55. The number of carbonyl (C=O) groups excluding carboxylic acids is 1. The van der Waals surface area contributed by atoms with Crippen LogP contribution in [0, 0.1) is 0 Å². The largest absolute Gasteiger partial charge is 0.372 e. The lowest BCUT2D eigenvalue weighted by molar-refractivity contribution is -0.120. The summed E-state index contributed by atoms with van der Waals surface area (Å²) in [6, 6.07) is 7.87. The van der Waals surface area contributed by atoms with Gasteiger partial charge in [0.05, 0.1) is 0 Å². The van der Waals surface area contributed by atoms with Gasteiger partial charge in [-0.05, 0) is 37.1 Å². The molecule has 0 heterocycles. The molecule has 1 amide bonds. The first-order valence-corrected chi connectivity index (χ1v) is 6.93. The molecule has 0 aliphatic heterocycles. The smallest absolute Gasteiger partial charge is 0.250 e. The van der Waals surface area contributed by atoms with Crippen molar-refractivity contribution in [2.75, 3.05) is 25.1 Å². The molecular weight excluding hydrogens is 240 g/mol. The van der Waals surface area contributed by atoms with Crippen molar-refractivity contribution in [3.8, 4) is 0 Å². The molecule has 0 spiro atoms. The molecule has 0 saturated heterocycles. The number of nitrogens with one attached hydrogen (secondary N) is 2. The van der Waals surface area contributed by atoms with Gasteiger partial charge in [0.15, 0.2) is 0 Å². The van der Waals surface area contributed by atoms with Crippen molar-refractivity contribution in [2.24, 2.45) is 0 Å². The molecule has 0 saturated carbocycles. The molecule has 0 aromatic heterocycles. The van der Waals surface area contributed by atoms with Gasteiger partial charge >= 0.3 is 0 Å². The molecule has 0 aliphatic carbocycles. The first-order chi connectivity index (χ1) is 9.26. The summed E-state index contributed by atoms with van der Waals surface area (Å²) < 4.78 is 5.20. The highest BCUT2D eigenvalue weighted by molar-refractivity contribution is 5.91. The minimum absolute atomic E-state index is 0.105. The van der Waals surface area contributed by atoms with E-state index in [-0.39, 0.29) is 12.5 Å². The highest BCUT2D eigenvalue weighted by Gasteiger charge is 2.02. The second-order valence-electron chi connectivity index (χ2n) is 4.48. The van der Waals surface area contributed by atoms with E-state index in [1.54, 1.807) is 0 Å². The molecule has 2 N–H and O–H groups in total. The van der Waals surface area contributed by atoms with Crippen LogP contribution in [-0.2, 0) is 16.1 Å². The maximum absolute atomic E-state index is 11.6. The van der Waals surface area contributed by atoms with Crippen molar-refractivity contribution in [3.63, 3.8) is 0 Å². The van der Waals surface area contributed by atoms with Gasteiger partial charge < -0.3 is 15.4 Å². The zero-order valence-electron chi connectivity index (χ0n) is 11.9. The van der Waals surface area contributed by atoms with Gasteiger partial charge in [-0.15, -0.1) is 0 Å². The molecule has 0 atom stereocenters. The molecule has 0 fully saturated rings. The van der Waals surface area contributed by atoms with Gasteiger partial charge in [-0.25, -0.2) is 0 Å². The van der Waals surface area contributed by atoms with E-state index >= 15 is 0 Å². The number of hydrogen-bond donors (Lipinski definition) is 2. The van der Waals surface area contributed by atoms with Crippen LogP contribution >= 0.6 is 0 Å². The summed E-state index contributed by atoms with van der Waals surface area (Å²) >= 11 is 0. The molecule has 1 aromatic carbocycles. The number of anilines is 1. The fourth-order valence-corrected chi connectivity index (χ4v) is 1.67. The molecule has 19 heavy (non-hydrogen) atoms. The third kappa shape index (κ3) is 6.94. The Bertz CT molecular complexity index is 380. The summed E-state index contributed by atoms with van der Waals surface area (Å²) in [5, 5.41) is 6.18. The Balaban J connectivity index is 2.40. The monoisotopic (exact) mass is 264 g/mol. The molecule has 0 aliphatic rings. The third-order valence-corrected chi connectivity index (χ3v) is 2.55. The van der Waals surface area contributed by atoms with Crippen LogP contribution in [0.2, 0.25) is 0 Å². The van der Waals surface area contributed by atoms with E-state index in [4.69, 9.17) is 4.74 Å². The average Bonchev–Trinajstić information content (AvgIpc) is 2.40. The van der Waals surface area contributed by atoms with Crippen LogP contribution in [0.3, 0.4) is 0 Å². The molecule has 4 nitrogen and oxygen atoms in total. The second kappa shape index (κ2) is 9.53. The highest BCUT2D eigenvalue weighted by atomic mass is 16.5. The van der Waals surface area contributed by atoms with Crippen LogP contribution in [0.5, 0.6) is 0 Å². The number of rotatable bonds is 9. The number of ether oxygens (including phenoxy) is 1. The van der Waals surface area contributed by atoms with E-state index in [1.807, 2.05) is 31.2 Å². The van der Waals surface area contributed by atoms with Crippen LogP contribution in [0.4, 0.5) is 5.69 Å². The van der Waals surface area contributed by atoms with Crippen molar-refractivity contribution in [3.05, 3.63) is 29.8 Å². The lowest BCUT2D eigenvalue weighted by atomic mass is 10.2. The van der Waals surface area contributed by atoms with E-state index in [0.29, 0.717) is 6.61 Å². The van der Waals surface area contributed by atoms with E-state index in [0.717, 1.165) is 31.6 Å². The van der Waals surface area contributed by atoms with Gasteiger partial charge in [-0.1, -0.05) is 26.0 Å². The molecule has 0 radical (unpaired) electrons. The maximum Gasteiger partial charge on any atom is 0.250 e. The molecule has 0 unspecified atom stereocenters. The van der Waals surface area contributed by atoms with E-state index in [1.165, 1.54) is 5.56 Å². The van der Waals surface area contributed by atoms with Crippen molar-refractivity contribution >= 4 is 11.6 Å². The van der Waals surface area contributed by atoms with Gasteiger partial charge in [-0.3, -0.25) is 4.79 Å². The normalized spacial score (nSPS) is 10.4. The molecule has 106 valence electrons. The van der Waals surface area contributed by atoms with Crippen LogP contribution in [0.15, 0.2) is 24.3 Å². The van der Waals surface area contributed by atoms with Gasteiger partial charge in [0, 0.05) is 18.8 Å². The Hall–Kier alpha value is -1.39. The number of benzene rings is 1. The molecule has 1 aromatic rings. The second-order valence-corrected chi connectivity index (χ2v) is 4.48.